The Morgan fingerprint density at radius 3 is 1.62 bits per heavy atom. The van der Waals surface area contributed by atoms with Crippen molar-refractivity contribution in [3.8, 4) is 11.5 Å². The summed E-state index contributed by atoms with van der Waals surface area (Å²) in [7, 11) is 0. The summed E-state index contributed by atoms with van der Waals surface area (Å²) >= 11 is 1.11. The maximum Gasteiger partial charge on any atom is -1.00 e. The summed E-state index contributed by atoms with van der Waals surface area (Å²) in [4.78, 5) is 0. The van der Waals surface area contributed by atoms with Crippen molar-refractivity contribution in [2.45, 2.75) is 37.8 Å². The minimum Gasteiger partial charge on any atom is -1.00 e. The van der Waals surface area contributed by atoms with Gasteiger partial charge in [-0.1, -0.05) is 0 Å². The van der Waals surface area contributed by atoms with Gasteiger partial charge in [-0.25, -0.2) is 0 Å². The number of aromatic hydroxyl groups is 2. The Kier molecular flexibility index (Phi) is 6.01. The quantitative estimate of drug-likeness (QED) is 0.718. The normalized spacial score (nSPS) is 25.4. The average Bonchev–Trinajstić information content (AvgIpc) is 2.97. The molecule has 4 rings (SSSR count). The fourth-order valence-electron chi connectivity index (χ4n) is 3.50. The van der Waals surface area contributed by atoms with Crippen LogP contribution < -0.4 is 12.4 Å². The van der Waals surface area contributed by atoms with E-state index in [-0.39, 0.29) is 12.4 Å². The number of hydrogen-bond acceptors (Lipinski definition) is 2. The molecule has 6 heteroatoms. The molecule has 0 spiro atoms. The van der Waals surface area contributed by atoms with Gasteiger partial charge in [0.2, 0.25) is 0 Å². The number of benzene rings is 2. The van der Waals surface area contributed by atoms with Gasteiger partial charge in [-0.2, -0.15) is 0 Å². The van der Waals surface area contributed by atoms with Crippen molar-refractivity contribution in [3.05, 3.63) is 59.7 Å². The third-order valence-electron chi connectivity index (χ3n) is 4.84. The van der Waals surface area contributed by atoms with E-state index in [9.17, 15) is 10.2 Å². The van der Waals surface area contributed by atoms with Crippen LogP contribution in [0.5, 0.6) is 11.5 Å². The third kappa shape index (κ3) is 3.80. The van der Waals surface area contributed by atoms with E-state index < -0.39 is 0 Å². The number of hydrogen-bond donors (Lipinski definition) is 2. The summed E-state index contributed by atoms with van der Waals surface area (Å²) in [5.41, 5.74) is 1.70. The van der Waals surface area contributed by atoms with Crippen molar-refractivity contribution in [1.82, 2.24) is 0 Å². The van der Waals surface area contributed by atoms with Gasteiger partial charge in [-0.15, -0.1) is 0 Å². The molecule has 0 unspecified atom stereocenters. The summed E-state index contributed by atoms with van der Waals surface area (Å²) in [6.07, 6.45) is 8.93. The van der Waals surface area contributed by atoms with E-state index in [1.807, 2.05) is 36.4 Å². The Morgan fingerprint density at radius 2 is 1.19 bits per heavy atom. The van der Waals surface area contributed by atoms with Crippen LogP contribution in [0.1, 0.15) is 36.8 Å². The molecule has 0 radical (unpaired) electrons. The number of phenolic OH excluding ortho intramolecular Hbond substituents is 2. The molecular weight excluding hydrogens is 395 g/mol. The standard InChI is InChI=1S/C20H22N2O2.ClH.Co/c23-19-11-5-1-7-15(19)13-21-17-9-3-4-10-18(17)22-14-16-8-2-6-12-20(16)24;;/h1-2,5-8,11-14,17-18,23-24H,3-4,9-10H2;1H;/q;;+2/p-1/t17-,18-;;/m1../s1. The third-order valence-corrected chi connectivity index (χ3v) is 6.28. The van der Waals surface area contributed by atoms with E-state index in [4.69, 9.17) is 0 Å². The van der Waals surface area contributed by atoms with Crippen molar-refractivity contribution < 1.29 is 45.0 Å². The fraction of sp³-hybridized carbons (Fsp3) is 0.300. The molecule has 1 saturated carbocycles. The van der Waals surface area contributed by atoms with Crippen LogP contribution in [0.4, 0.5) is 0 Å². The van der Waals surface area contributed by atoms with Crippen molar-refractivity contribution in [1.29, 1.82) is 0 Å². The van der Waals surface area contributed by atoms with Crippen LogP contribution in [0.15, 0.2) is 48.5 Å². The van der Waals surface area contributed by atoms with Crippen LogP contribution in [0.2, 0.25) is 0 Å². The minimum absolute atomic E-state index is 0. The molecular formula is C20H22ClCoN2O2+. The maximum absolute atomic E-state index is 10.1. The predicted molar refractivity (Wildman–Crippen MR) is 93.1 cm³/mol. The van der Waals surface area contributed by atoms with Crippen LogP contribution in [0.3, 0.4) is 0 Å². The zero-order chi connectivity index (χ0) is 17.2. The van der Waals surface area contributed by atoms with E-state index in [2.05, 4.69) is 19.7 Å². The first-order valence-electron chi connectivity index (χ1n) is 8.66. The molecule has 0 amide bonds. The van der Waals surface area contributed by atoms with E-state index in [1.54, 1.807) is 12.1 Å². The summed E-state index contributed by atoms with van der Waals surface area (Å²) in [6, 6.07) is 15.8. The molecule has 0 aromatic heterocycles. The topological polar surface area (TPSA) is 46.5 Å². The first-order valence-corrected chi connectivity index (χ1v) is 9.59. The summed E-state index contributed by atoms with van der Waals surface area (Å²) in [6.45, 7) is 0. The molecule has 4 nitrogen and oxygen atoms in total. The molecule has 1 heterocycles. The number of phenols is 2. The first-order chi connectivity index (χ1) is 12.2. The van der Waals surface area contributed by atoms with E-state index in [0.29, 0.717) is 23.6 Å². The van der Waals surface area contributed by atoms with Gasteiger partial charge in [0.25, 0.3) is 0 Å². The predicted octanol–water partition coefficient (Wildman–Crippen LogP) is -0.0979. The van der Waals surface area contributed by atoms with Crippen LogP contribution in [0.25, 0.3) is 0 Å². The molecule has 139 valence electrons. The number of fused-ring (bicyclic) bond motifs is 1. The van der Waals surface area contributed by atoms with E-state index >= 15 is 0 Å². The molecule has 26 heavy (non-hydrogen) atoms. The minimum atomic E-state index is 0. The Balaban J connectivity index is 0.00000196. The van der Waals surface area contributed by atoms with Gasteiger partial charge >= 0.3 is 154 Å². The SMILES string of the molecule is Oc1ccccc1C=[N+]1[Co][N+](=Cc2ccccc2O)[C@@H]2CCCC[C@H]21.[Cl-]. The van der Waals surface area contributed by atoms with Crippen molar-refractivity contribution in [2.24, 2.45) is 0 Å². The number of nitrogens with zero attached hydrogens (tertiary/aromatic N) is 2. The average molecular weight is 417 g/mol. The Labute approximate surface area is 166 Å². The van der Waals surface area contributed by atoms with Gasteiger partial charge in [0, 0.05) is 0 Å². The van der Waals surface area contributed by atoms with Gasteiger partial charge in [0.05, 0.1) is 0 Å². The molecule has 1 saturated heterocycles. The first kappa shape index (κ1) is 19.0. The second-order valence-corrected chi connectivity index (χ2v) is 7.79. The van der Waals surface area contributed by atoms with Crippen LogP contribution in [0, 0.1) is 0 Å². The van der Waals surface area contributed by atoms with Crippen LogP contribution in [-0.4, -0.2) is 42.0 Å². The van der Waals surface area contributed by atoms with Gasteiger partial charge in [0.1, 0.15) is 0 Å². The van der Waals surface area contributed by atoms with Crippen molar-refractivity contribution >= 4 is 12.4 Å². The van der Waals surface area contributed by atoms with Crippen molar-refractivity contribution in [2.75, 3.05) is 0 Å². The zero-order valence-corrected chi connectivity index (χ0v) is 16.1. The Hall–Kier alpha value is -1.82. The van der Waals surface area contributed by atoms with Gasteiger partial charge in [0.15, 0.2) is 0 Å². The largest absolute Gasteiger partial charge is 1.00 e. The molecule has 2 fully saturated rings. The number of rotatable bonds is 2. The number of halogens is 1. The second-order valence-electron chi connectivity index (χ2n) is 6.50. The Bertz CT molecular complexity index is 784. The molecule has 2 aliphatic rings. The summed E-state index contributed by atoms with van der Waals surface area (Å²) in [5.74, 6) is 0.625. The fourth-order valence-corrected chi connectivity index (χ4v) is 5.13. The summed E-state index contributed by atoms with van der Waals surface area (Å²) in [5, 5.41) is 20.2. The van der Waals surface area contributed by atoms with E-state index in [1.165, 1.54) is 12.8 Å². The molecule has 2 aromatic rings. The number of para-hydroxylation sites is 2. The van der Waals surface area contributed by atoms with Crippen LogP contribution in [-0.2, 0) is 15.1 Å². The molecule has 1 aliphatic carbocycles. The molecule has 2 N–H and O–H groups in total. The van der Waals surface area contributed by atoms with E-state index in [0.717, 1.165) is 39.1 Å². The van der Waals surface area contributed by atoms with Gasteiger partial charge < -0.3 is 12.4 Å². The Morgan fingerprint density at radius 1 is 0.769 bits per heavy atom. The van der Waals surface area contributed by atoms with Crippen LogP contribution >= 0.6 is 0 Å². The summed E-state index contributed by atoms with van der Waals surface area (Å²) < 4.78 is 4.62. The zero-order valence-electron chi connectivity index (χ0n) is 14.3. The molecule has 2 atom stereocenters. The molecule has 2 aromatic carbocycles. The molecule has 1 aliphatic heterocycles. The van der Waals surface area contributed by atoms with Crippen molar-refractivity contribution in [3.63, 3.8) is 0 Å². The monoisotopic (exact) mass is 416 g/mol. The van der Waals surface area contributed by atoms with Gasteiger partial charge in [-0.05, 0) is 0 Å². The second kappa shape index (κ2) is 8.25. The van der Waals surface area contributed by atoms with Gasteiger partial charge in [-0.3, -0.25) is 0 Å². The maximum atomic E-state index is 10.1. The smallest absolute Gasteiger partial charge is 1.00 e. The molecule has 0 bridgehead atoms.